The highest BCUT2D eigenvalue weighted by molar-refractivity contribution is 5.95. The molecule has 2 N–H and O–H groups in total. The van der Waals surface area contributed by atoms with E-state index < -0.39 is 5.97 Å². The Labute approximate surface area is 118 Å². The fourth-order valence-corrected chi connectivity index (χ4v) is 2.14. The summed E-state index contributed by atoms with van der Waals surface area (Å²) in [5, 5.41) is 16.2. The maximum absolute atomic E-state index is 11.9. The highest BCUT2D eigenvalue weighted by Crippen LogP contribution is 2.22. The van der Waals surface area contributed by atoms with E-state index in [0.29, 0.717) is 18.1 Å². The van der Waals surface area contributed by atoms with Crippen LogP contribution in [0.1, 0.15) is 36.8 Å². The molecule has 7 heteroatoms. The minimum atomic E-state index is -1.03. The third kappa shape index (κ3) is 3.49. The molecule has 1 rings (SSSR count). The predicted octanol–water partition coefficient (Wildman–Crippen LogP) is 0.778. The molecule has 7 nitrogen and oxygen atoms in total. The van der Waals surface area contributed by atoms with Crippen molar-refractivity contribution in [3.63, 3.8) is 0 Å². The van der Waals surface area contributed by atoms with Gasteiger partial charge in [0.05, 0.1) is 12.2 Å². The molecule has 0 saturated heterocycles. The Morgan fingerprint density at radius 1 is 1.45 bits per heavy atom. The van der Waals surface area contributed by atoms with Crippen LogP contribution in [0.4, 0.5) is 5.82 Å². The van der Waals surface area contributed by atoms with Crippen LogP contribution in [0.15, 0.2) is 0 Å². The first kappa shape index (κ1) is 16.0. The topological polar surface area (TPSA) is 87.5 Å². The zero-order valence-electron chi connectivity index (χ0n) is 12.6. The SMILES string of the molecule is CCN(CC(=O)NC(C)C)c1c(C(=O)O)c(C)nn1C. The van der Waals surface area contributed by atoms with Crippen LogP contribution in [0.25, 0.3) is 0 Å². The highest BCUT2D eigenvalue weighted by Gasteiger charge is 2.24. The summed E-state index contributed by atoms with van der Waals surface area (Å²) in [6.45, 7) is 7.90. The Kier molecular flexibility index (Phi) is 5.12. The van der Waals surface area contributed by atoms with Gasteiger partial charge in [0.1, 0.15) is 11.4 Å². The standard InChI is InChI=1S/C13H22N4O3/c1-6-17(7-10(18)14-8(2)3)12-11(13(19)20)9(4)15-16(12)5/h8H,6-7H2,1-5H3,(H,14,18)(H,19,20). The second-order valence-corrected chi connectivity index (χ2v) is 4.95. The van der Waals surface area contributed by atoms with Crippen LogP contribution in [0.3, 0.4) is 0 Å². The van der Waals surface area contributed by atoms with Crippen molar-refractivity contribution in [3.8, 4) is 0 Å². The zero-order valence-corrected chi connectivity index (χ0v) is 12.6. The average Bonchev–Trinajstić information content (AvgIpc) is 2.60. The molecule has 0 saturated carbocycles. The first-order chi connectivity index (χ1) is 9.27. The molecule has 1 heterocycles. The lowest BCUT2D eigenvalue weighted by Gasteiger charge is -2.23. The van der Waals surface area contributed by atoms with Crippen LogP contribution in [-0.2, 0) is 11.8 Å². The molecule has 1 amide bonds. The van der Waals surface area contributed by atoms with E-state index in [1.54, 1.807) is 18.9 Å². The fourth-order valence-electron chi connectivity index (χ4n) is 2.14. The van der Waals surface area contributed by atoms with Gasteiger partial charge in [0, 0.05) is 19.6 Å². The number of anilines is 1. The number of carbonyl (C=O) groups is 2. The first-order valence-corrected chi connectivity index (χ1v) is 6.59. The molecular formula is C13H22N4O3. The number of amides is 1. The Bertz CT molecular complexity index is 508. The summed E-state index contributed by atoms with van der Waals surface area (Å²) in [6.07, 6.45) is 0. The summed E-state index contributed by atoms with van der Waals surface area (Å²) < 4.78 is 1.50. The van der Waals surface area contributed by atoms with E-state index >= 15 is 0 Å². The fraction of sp³-hybridized carbons (Fsp3) is 0.615. The summed E-state index contributed by atoms with van der Waals surface area (Å²) in [7, 11) is 1.68. The van der Waals surface area contributed by atoms with Crippen molar-refractivity contribution in [1.82, 2.24) is 15.1 Å². The van der Waals surface area contributed by atoms with Gasteiger partial charge in [-0.3, -0.25) is 9.48 Å². The second-order valence-electron chi connectivity index (χ2n) is 4.95. The highest BCUT2D eigenvalue weighted by atomic mass is 16.4. The number of carboxylic acid groups (broad SMARTS) is 1. The Hall–Kier alpha value is -2.05. The Balaban J connectivity index is 3.07. The molecule has 0 aromatic carbocycles. The molecule has 0 unspecified atom stereocenters. The number of carbonyl (C=O) groups excluding carboxylic acids is 1. The minimum Gasteiger partial charge on any atom is -0.477 e. The number of aromatic carboxylic acids is 1. The Morgan fingerprint density at radius 2 is 2.05 bits per heavy atom. The first-order valence-electron chi connectivity index (χ1n) is 6.59. The maximum atomic E-state index is 11.9. The van der Waals surface area contributed by atoms with Crippen molar-refractivity contribution in [3.05, 3.63) is 11.3 Å². The molecule has 20 heavy (non-hydrogen) atoms. The van der Waals surface area contributed by atoms with Crippen LogP contribution in [0, 0.1) is 6.92 Å². The number of aromatic nitrogens is 2. The average molecular weight is 282 g/mol. The molecule has 0 aliphatic heterocycles. The number of nitrogens with one attached hydrogen (secondary N) is 1. The van der Waals surface area contributed by atoms with Crippen molar-refractivity contribution in [1.29, 1.82) is 0 Å². The monoisotopic (exact) mass is 282 g/mol. The number of hydrogen-bond donors (Lipinski definition) is 2. The number of carboxylic acids is 1. The lowest BCUT2D eigenvalue weighted by atomic mass is 10.2. The maximum Gasteiger partial charge on any atom is 0.341 e. The lowest BCUT2D eigenvalue weighted by molar-refractivity contribution is -0.120. The second kappa shape index (κ2) is 6.40. The van der Waals surface area contributed by atoms with Crippen molar-refractivity contribution < 1.29 is 14.7 Å². The van der Waals surface area contributed by atoms with Crippen LogP contribution >= 0.6 is 0 Å². The molecule has 0 aliphatic carbocycles. The third-order valence-corrected chi connectivity index (χ3v) is 2.87. The van der Waals surface area contributed by atoms with E-state index in [2.05, 4.69) is 10.4 Å². The van der Waals surface area contributed by atoms with Gasteiger partial charge < -0.3 is 15.3 Å². The number of hydrogen-bond acceptors (Lipinski definition) is 4. The van der Waals surface area contributed by atoms with E-state index in [4.69, 9.17) is 0 Å². The van der Waals surface area contributed by atoms with Gasteiger partial charge in [-0.2, -0.15) is 5.10 Å². The van der Waals surface area contributed by atoms with Gasteiger partial charge in [-0.15, -0.1) is 0 Å². The molecule has 1 aromatic rings. The van der Waals surface area contributed by atoms with Gasteiger partial charge in [0.2, 0.25) is 5.91 Å². The molecule has 0 atom stereocenters. The van der Waals surface area contributed by atoms with E-state index in [1.807, 2.05) is 20.8 Å². The van der Waals surface area contributed by atoms with Gasteiger partial charge in [0.25, 0.3) is 0 Å². The van der Waals surface area contributed by atoms with Crippen molar-refractivity contribution in [2.45, 2.75) is 33.7 Å². The van der Waals surface area contributed by atoms with E-state index in [9.17, 15) is 14.7 Å². The molecule has 0 bridgehead atoms. The van der Waals surface area contributed by atoms with Crippen molar-refractivity contribution >= 4 is 17.7 Å². The van der Waals surface area contributed by atoms with Crippen molar-refractivity contribution in [2.75, 3.05) is 18.0 Å². The summed E-state index contributed by atoms with van der Waals surface area (Å²) in [6, 6.07) is 0.0495. The smallest absolute Gasteiger partial charge is 0.341 e. The van der Waals surface area contributed by atoms with Crippen LogP contribution < -0.4 is 10.2 Å². The molecule has 0 spiro atoms. The van der Waals surface area contributed by atoms with Gasteiger partial charge in [-0.25, -0.2) is 4.79 Å². The van der Waals surface area contributed by atoms with Crippen LogP contribution in [-0.4, -0.2) is 45.9 Å². The summed E-state index contributed by atoms with van der Waals surface area (Å²) in [4.78, 5) is 24.9. The normalized spacial score (nSPS) is 10.7. The Morgan fingerprint density at radius 3 is 2.50 bits per heavy atom. The van der Waals surface area contributed by atoms with E-state index in [-0.39, 0.29) is 24.1 Å². The largest absolute Gasteiger partial charge is 0.477 e. The van der Waals surface area contributed by atoms with Crippen LogP contribution in [0.2, 0.25) is 0 Å². The zero-order chi connectivity index (χ0) is 15.4. The predicted molar refractivity (Wildman–Crippen MR) is 76.1 cm³/mol. The molecule has 112 valence electrons. The van der Waals surface area contributed by atoms with E-state index in [1.165, 1.54) is 4.68 Å². The van der Waals surface area contributed by atoms with Crippen LogP contribution in [0.5, 0.6) is 0 Å². The molecule has 0 aliphatic rings. The quantitative estimate of drug-likeness (QED) is 0.805. The number of nitrogens with zero attached hydrogens (tertiary/aromatic N) is 3. The molecular weight excluding hydrogens is 260 g/mol. The van der Waals surface area contributed by atoms with Crippen molar-refractivity contribution in [2.24, 2.45) is 7.05 Å². The molecule has 1 aromatic heterocycles. The van der Waals surface area contributed by atoms with Gasteiger partial charge >= 0.3 is 5.97 Å². The van der Waals surface area contributed by atoms with Gasteiger partial charge in [0.15, 0.2) is 0 Å². The summed E-state index contributed by atoms with van der Waals surface area (Å²) in [5.74, 6) is -0.721. The summed E-state index contributed by atoms with van der Waals surface area (Å²) in [5.41, 5.74) is 0.587. The molecule has 0 radical (unpaired) electrons. The minimum absolute atomic E-state index is 0.0495. The third-order valence-electron chi connectivity index (χ3n) is 2.87. The van der Waals surface area contributed by atoms with Gasteiger partial charge in [-0.05, 0) is 27.7 Å². The number of rotatable bonds is 6. The van der Waals surface area contributed by atoms with E-state index in [0.717, 1.165) is 0 Å². The summed E-state index contributed by atoms with van der Waals surface area (Å²) >= 11 is 0. The molecule has 0 fully saturated rings. The number of aryl methyl sites for hydroxylation is 2. The van der Waals surface area contributed by atoms with Gasteiger partial charge in [-0.1, -0.05) is 0 Å². The lowest BCUT2D eigenvalue weighted by Crippen LogP contribution is -2.41. The number of likely N-dealkylation sites (N-methyl/N-ethyl adjacent to an activating group) is 1.